The summed E-state index contributed by atoms with van der Waals surface area (Å²) in [6.45, 7) is 1.03. The second-order valence-corrected chi connectivity index (χ2v) is 7.44. The molecule has 2 aromatic carbocycles. The van der Waals surface area contributed by atoms with Gasteiger partial charge < -0.3 is 10.1 Å². The lowest BCUT2D eigenvalue weighted by molar-refractivity contribution is -0.143. The maximum atomic E-state index is 13.3. The lowest BCUT2D eigenvalue weighted by Crippen LogP contribution is -2.43. The monoisotopic (exact) mass is 435 g/mol. The number of benzene rings is 2. The second-order valence-electron chi connectivity index (χ2n) is 7.44. The molecule has 0 unspecified atom stereocenters. The van der Waals surface area contributed by atoms with Gasteiger partial charge in [-0.2, -0.15) is 26.3 Å². The number of nitrogens with one attached hydrogen (secondary N) is 1. The zero-order chi connectivity index (χ0) is 22.0. The normalized spacial score (nSPS) is 17.2. The maximum Gasteiger partial charge on any atom is 0.416 e. The van der Waals surface area contributed by atoms with E-state index in [1.54, 1.807) is 12.1 Å². The van der Waals surface area contributed by atoms with Crippen LogP contribution in [0.25, 0.3) is 0 Å². The van der Waals surface area contributed by atoms with Crippen molar-refractivity contribution < 1.29 is 35.5 Å². The summed E-state index contributed by atoms with van der Waals surface area (Å²) in [7, 11) is 0. The number of ether oxygens (including phenoxy) is 1. The molecule has 1 aliphatic heterocycles. The number of halogens is 7. The summed E-state index contributed by atoms with van der Waals surface area (Å²) in [4.78, 5) is 0. The van der Waals surface area contributed by atoms with Crippen LogP contribution < -0.4 is 5.32 Å². The number of hydrogen-bond donors (Lipinski definition) is 1. The van der Waals surface area contributed by atoms with E-state index < -0.39 is 41.3 Å². The predicted octanol–water partition coefficient (Wildman–Crippen LogP) is 5.70. The van der Waals surface area contributed by atoms with Crippen molar-refractivity contribution in [3.8, 4) is 0 Å². The van der Waals surface area contributed by atoms with Gasteiger partial charge in [0.05, 0.1) is 24.3 Å². The third-order valence-electron chi connectivity index (χ3n) is 5.31. The molecule has 164 valence electrons. The Morgan fingerprint density at radius 1 is 0.833 bits per heavy atom. The van der Waals surface area contributed by atoms with Crippen molar-refractivity contribution >= 4 is 0 Å². The minimum absolute atomic E-state index is 0.0936. The fourth-order valence-electron chi connectivity index (χ4n) is 3.69. The van der Waals surface area contributed by atoms with E-state index in [2.05, 4.69) is 5.32 Å². The molecule has 1 saturated heterocycles. The van der Waals surface area contributed by atoms with Crippen molar-refractivity contribution in [1.82, 2.24) is 5.32 Å². The summed E-state index contributed by atoms with van der Waals surface area (Å²) in [5, 5.41) is 3.20. The van der Waals surface area contributed by atoms with Gasteiger partial charge in [0.1, 0.15) is 5.82 Å². The minimum Gasteiger partial charge on any atom is -0.376 e. The Bertz CT molecular complexity index is 821. The van der Waals surface area contributed by atoms with Crippen LogP contribution in [0.4, 0.5) is 30.7 Å². The summed E-state index contributed by atoms with van der Waals surface area (Å²) < 4.78 is 97.0. The second kappa shape index (κ2) is 8.55. The Morgan fingerprint density at radius 2 is 1.37 bits per heavy atom. The molecule has 0 aliphatic carbocycles. The van der Waals surface area contributed by atoms with E-state index in [-0.39, 0.29) is 18.2 Å². The highest BCUT2D eigenvalue weighted by molar-refractivity contribution is 5.33. The highest BCUT2D eigenvalue weighted by Crippen LogP contribution is 2.37. The molecule has 0 amide bonds. The first kappa shape index (κ1) is 22.6. The van der Waals surface area contributed by atoms with Gasteiger partial charge in [0.2, 0.25) is 0 Å². The zero-order valence-corrected chi connectivity index (χ0v) is 15.8. The van der Waals surface area contributed by atoms with Crippen molar-refractivity contribution in [1.29, 1.82) is 0 Å². The van der Waals surface area contributed by atoms with Gasteiger partial charge >= 0.3 is 12.4 Å². The molecular formula is C21H20F7NO. The van der Waals surface area contributed by atoms with Crippen LogP contribution in [-0.4, -0.2) is 19.7 Å². The van der Waals surface area contributed by atoms with Crippen molar-refractivity contribution in [3.63, 3.8) is 0 Å². The molecule has 2 nitrogen and oxygen atoms in total. The first-order valence-electron chi connectivity index (χ1n) is 9.32. The third kappa shape index (κ3) is 5.31. The van der Waals surface area contributed by atoms with Crippen LogP contribution in [-0.2, 0) is 29.1 Å². The topological polar surface area (TPSA) is 21.3 Å². The quantitative estimate of drug-likeness (QED) is 0.609. The Hall–Kier alpha value is -2.13. The van der Waals surface area contributed by atoms with Gasteiger partial charge in [-0.25, -0.2) is 4.39 Å². The highest BCUT2D eigenvalue weighted by atomic mass is 19.4. The van der Waals surface area contributed by atoms with Crippen molar-refractivity contribution in [2.45, 2.75) is 37.2 Å². The van der Waals surface area contributed by atoms with Gasteiger partial charge in [0, 0.05) is 5.41 Å². The minimum atomic E-state index is -4.90. The fourth-order valence-corrected chi connectivity index (χ4v) is 3.69. The maximum absolute atomic E-state index is 13.3. The number of piperidine rings is 1. The average Bonchev–Trinajstić information content (AvgIpc) is 2.67. The molecule has 1 fully saturated rings. The molecule has 2 aromatic rings. The van der Waals surface area contributed by atoms with E-state index in [1.165, 1.54) is 12.1 Å². The van der Waals surface area contributed by atoms with E-state index in [0.29, 0.717) is 38.1 Å². The molecular weight excluding hydrogens is 415 g/mol. The Labute approximate surface area is 169 Å². The third-order valence-corrected chi connectivity index (χ3v) is 5.31. The summed E-state index contributed by atoms with van der Waals surface area (Å²) >= 11 is 0. The lowest BCUT2D eigenvalue weighted by atomic mass is 9.74. The van der Waals surface area contributed by atoms with Crippen LogP contribution in [0.2, 0.25) is 0 Å². The fraction of sp³-hybridized carbons (Fsp3) is 0.429. The molecule has 1 N–H and O–H groups in total. The summed E-state index contributed by atoms with van der Waals surface area (Å²) in [5.41, 5.74) is -2.61. The van der Waals surface area contributed by atoms with Gasteiger partial charge in [0.25, 0.3) is 0 Å². The number of hydrogen-bond acceptors (Lipinski definition) is 2. The van der Waals surface area contributed by atoms with Crippen LogP contribution >= 0.6 is 0 Å². The van der Waals surface area contributed by atoms with Crippen molar-refractivity contribution in [2.24, 2.45) is 0 Å². The predicted molar refractivity (Wildman–Crippen MR) is 96.3 cm³/mol. The SMILES string of the molecule is Fc1ccc(C2(COCc3cc(C(F)(F)F)cc(C(F)(F)F)c3)CCNCC2)cc1. The molecule has 1 aliphatic rings. The average molecular weight is 435 g/mol. The van der Waals surface area contributed by atoms with Crippen LogP contribution in [0, 0.1) is 5.82 Å². The van der Waals surface area contributed by atoms with Crippen LogP contribution in [0.15, 0.2) is 42.5 Å². The first-order chi connectivity index (χ1) is 14.0. The Kier molecular flexibility index (Phi) is 6.43. The first-order valence-corrected chi connectivity index (χ1v) is 9.32. The molecule has 0 atom stereocenters. The van der Waals surface area contributed by atoms with E-state index >= 15 is 0 Å². The number of rotatable bonds is 5. The van der Waals surface area contributed by atoms with Crippen LogP contribution in [0.3, 0.4) is 0 Å². The van der Waals surface area contributed by atoms with E-state index in [0.717, 1.165) is 5.56 Å². The summed E-state index contributed by atoms with van der Waals surface area (Å²) in [6, 6.07) is 7.34. The highest BCUT2D eigenvalue weighted by Gasteiger charge is 2.37. The molecule has 0 spiro atoms. The van der Waals surface area contributed by atoms with Crippen LogP contribution in [0.1, 0.15) is 35.1 Å². The van der Waals surface area contributed by atoms with Gasteiger partial charge in [-0.3, -0.25) is 0 Å². The molecule has 3 rings (SSSR count). The zero-order valence-electron chi connectivity index (χ0n) is 15.8. The van der Waals surface area contributed by atoms with Gasteiger partial charge in [0.15, 0.2) is 0 Å². The molecule has 9 heteroatoms. The largest absolute Gasteiger partial charge is 0.416 e. The Morgan fingerprint density at radius 3 is 1.87 bits per heavy atom. The molecule has 0 bridgehead atoms. The lowest BCUT2D eigenvalue weighted by Gasteiger charge is -2.38. The van der Waals surface area contributed by atoms with Gasteiger partial charge in [-0.05, 0) is 67.4 Å². The molecule has 0 saturated carbocycles. The van der Waals surface area contributed by atoms with E-state index in [4.69, 9.17) is 4.74 Å². The van der Waals surface area contributed by atoms with Crippen molar-refractivity contribution in [2.75, 3.05) is 19.7 Å². The molecule has 0 radical (unpaired) electrons. The smallest absolute Gasteiger partial charge is 0.376 e. The molecule has 0 aromatic heterocycles. The van der Waals surface area contributed by atoms with E-state index in [9.17, 15) is 30.7 Å². The number of alkyl halides is 6. The Balaban J connectivity index is 1.80. The van der Waals surface area contributed by atoms with Crippen molar-refractivity contribution in [3.05, 3.63) is 70.5 Å². The molecule has 1 heterocycles. The van der Waals surface area contributed by atoms with Gasteiger partial charge in [-0.1, -0.05) is 12.1 Å². The summed E-state index contributed by atoms with van der Waals surface area (Å²) in [6.07, 6.45) is -8.51. The standard InChI is InChI=1S/C21H20F7NO/c22-18-3-1-15(2-4-18)19(5-7-29-8-6-19)13-30-12-14-9-16(20(23,24)25)11-17(10-14)21(26,27)28/h1-4,9-11,29H,5-8,12-13H2. The van der Waals surface area contributed by atoms with E-state index in [1.807, 2.05) is 0 Å². The molecule has 30 heavy (non-hydrogen) atoms. The van der Waals surface area contributed by atoms with Crippen LogP contribution in [0.5, 0.6) is 0 Å². The van der Waals surface area contributed by atoms with Gasteiger partial charge in [-0.15, -0.1) is 0 Å². The summed E-state index contributed by atoms with van der Waals surface area (Å²) in [5.74, 6) is -0.396.